The van der Waals surface area contributed by atoms with Gasteiger partial charge in [0.25, 0.3) is 5.91 Å². The highest BCUT2D eigenvalue weighted by atomic mass is 16.3. The summed E-state index contributed by atoms with van der Waals surface area (Å²) in [6.45, 7) is 0.611. The van der Waals surface area contributed by atoms with Crippen LogP contribution in [0.5, 0.6) is 0 Å². The third kappa shape index (κ3) is 2.94. The summed E-state index contributed by atoms with van der Waals surface area (Å²) in [4.78, 5) is 27.5. The molecule has 7 heteroatoms. The number of rotatable bonds is 4. The third-order valence-corrected chi connectivity index (χ3v) is 4.02. The van der Waals surface area contributed by atoms with Crippen molar-refractivity contribution >= 4 is 5.91 Å². The number of likely N-dealkylation sites (tertiary alicyclic amines) is 1. The summed E-state index contributed by atoms with van der Waals surface area (Å²) < 4.78 is 0. The van der Waals surface area contributed by atoms with E-state index in [4.69, 9.17) is 0 Å². The molecular formula is C15H18N4O3. The summed E-state index contributed by atoms with van der Waals surface area (Å²) in [6.07, 6.45) is 1.58. The van der Waals surface area contributed by atoms with Gasteiger partial charge in [0.1, 0.15) is 0 Å². The highest BCUT2D eigenvalue weighted by Crippen LogP contribution is 2.28. The van der Waals surface area contributed by atoms with Crippen molar-refractivity contribution in [3.63, 3.8) is 0 Å². The molecule has 22 heavy (non-hydrogen) atoms. The second-order valence-electron chi connectivity index (χ2n) is 5.48. The molecule has 0 radical (unpaired) electrons. The van der Waals surface area contributed by atoms with Gasteiger partial charge in [0.15, 0.2) is 0 Å². The molecule has 2 atom stereocenters. The second-order valence-corrected chi connectivity index (χ2v) is 5.48. The largest absolute Gasteiger partial charge is 0.388 e. The van der Waals surface area contributed by atoms with Gasteiger partial charge >= 0.3 is 5.69 Å². The van der Waals surface area contributed by atoms with Crippen molar-refractivity contribution in [2.75, 3.05) is 6.54 Å². The van der Waals surface area contributed by atoms with Gasteiger partial charge in [-0.1, -0.05) is 30.3 Å². The zero-order valence-corrected chi connectivity index (χ0v) is 12.0. The molecule has 0 aliphatic carbocycles. The van der Waals surface area contributed by atoms with Crippen LogP contribution in [0.4, 0.5) is 0 Å². The van der Waals surface area contributed by atoms with Crippen LogP contribution in [-0.2, 0) is 0 Å². The van der Waals surface area contributed by atoms with Gasteiger partial charge in [-0.05, 0) is 24.8 Å². The monoisotopic (exact) mass is 302 g/mol. The molecule has 1 aliphatic rings. The molecule has 1 amide bonds. The molecule has 0 spiro atoms. The van der Waals surface area contributed by atoms with Crippen LogP contribution in [0, 0.1) is 0 Å². The number of hydrogen-bond acceptors (Lipinski definition) is 4. The van der Waals surface area contributed by atoms with Crippen LogP contribution in [0.15, 0.2) is 35.1 Å². The first-order chi connectivity index (χ1) is 10.6. The molecule has 0 saturated carbocycles. The Kier molecular flexibility index (Phi) is 4.06. The van der Waals surface area contributed by atoms with E-state index < -0.39 is 11.8 Å². The molecular weight excluding hydrogens is 284 g/mol. The van der Waals surface area contributed by atoms with E-state index in [1.54, 1.807) is 4.90 Å². The number of hydrogen-bond donors (Lipinski definition) is 3. The van der Waals surface area contributed by atoms with E-state index in [1.807, 2.05) is 30.3 Å². The van der Waals surface area contributed by atoms with Crippen molar-refractivity contribution in [2.45, 2.75) is 31.4 Å². The quantitative estimate of drug-likeness (QED) is 0.778. The SMILES string of the molecule is O=C(c1n[nH]c(=O)[nH]1)N1CCC[C@H]1C[C@@H](O)c1ccccc1. The fraction of sp³-hybridized carbons (Fsp3) is 0.400. The zero-order valence-electron chi connectivity index (χ0n) is 12.0. The lowest BCUT2D eigenvalue weighted by atomic mass is 10.0. The van der Waals surface area contributed by atoms with Gasteiger partial charge in [-0.2, -0.15) is 0 Å². The smallest absolute Gasteiger partial charge is 0.341 e. The van der Waals surface area contributed by atoms with E-state index in [-0.39, 0.29) is 17.8 Å². The number of amides is 1. The minimum Gasteiger partial charge on any atom is -0.388 e. The molecule has 2 heterocycles. The number of aromatic nitrogens is 3. The van der Waals surface area contributed by atoms with E-state index >= 15 is 0 Å². The Balaban J connectivity index is 1.71. The Bertz CT molecular complexity index is 694. The van der Waals surface area contributed by atoms with E-state index in [1.165, 1.54) is 0 Å². The van der Waals surface area contributed by atoms with Crippen LogP contribution in [0.2, 0.25) is 0 Å². The molecule has 1 aromatic carbocycles. The zero-order chi connectivity index (χ0) is 15.5. The molecule has 1 fully saturated rings. The first-order valence-electron chi connectivity index (χ1n) is 7.34. The summed E-state index contributed by atoms with van der Waals surface area (Å²) in [6, 6.07) is 9.35. The van der Waals surface area contributed by atoms with Crippen molar-refractivity contribution in [2.24, 2.45) is 0 Å². The van der Waals surface area contributed by atoms with Crippen molar-refractivity contribution in [3.05, 3.63) is 52.2 Å². The van der Waals surface area contributed by atoms with Crippen molar-refractivity contribution in [1.29, 1.82) is 0 Å². The summed E-state index contributed by atoms with van der Waals surface area (Å²) in [7, 11) is 0. The number of aromatic amines is 2. The predicted octanol–water partition coefficient (Wildman–Crippen LogP) is 0.826. The molecule has 3 rings (SSSR count). The minimum absolute atomic E-state index is 0.0195. The van der Waals surface area contributed by atoms with E-state index in [0.717, 1.165) is 18.4 Å². The summed E-state index contributed by atoms with van der Waals surface area (Å²) in [5.41, 5.74) is 0.346. The number of aliphatic hydroxyl groups excluding tert-OH is 1. The molecule has 2 aromatic rings. The normalized spacial score (nSPS) is 19.3. The van der Waals surface area contributed by atoms with Gasteiger partial charge in [-0.3, -0.25) is 9.78 Å². The van der Waals surface area contributed by atoms with Gasteiger partial charge in [-0.25, -0.2) is 9.89 Å². The number of H-pyrrole nitrogens is 2. The Morgan fingerprint density at radius 1 is 1.41 bits per heavy atom. The highest BCUT2D eigenvalue weighted by molar-refractivity contribution is 5.90. The minimum atomic E-state index is -0.613. The fourth-order valence-corrected chi connectivity index (χ4v) is 2.92. The summed E-state index contributed by atoms with van der Waals surface area (Å²) in [5.74, 6) is -0.285. The van der Waals surface area contributed by atoms with Crippen LogP contribution >= 0.6 is 0 Å². The molecule has 7 nitrogen and oxygen atoms in total. The average molecular weight is 302 g/mol. The lowest BCUT2D eigenvalue weighted by Crippen LogP contribution is -2.37. The molecule has 3 N–H and O–H groups in total. The van der Waals surface area contributed by atoms with E-state index in [9.17, 15) is 14.7 Å². The Morgan fingerprint density at radius 2 is 2.18 bits per heavy atom. The molecule has 1 saturated heterocycles. The topological polar surface area (TPSA) is 102 Å². The standard InChI is InChI=1S/C15H18N4O3/c20-12(10-5-2-1-3-6-10)9-11-7-4-8-19(11)14(21)13-16-15(22)18-17-13/h1-3,5-6,11-12,20H,4,7-9H2,(H2,16,17,18,22)/t11-,12+/m0/s1. The van der Waals surface area contributed by atoms with Gasteiger partial charge in [0.2, 0.25) is 5.82 Å². The maximum absolute atomic E-state index is 12.4. The number of nitrogens with one attached hydrogen (secondary N) is 2. The Labute approximate surface area is 127 Å². The van der Waals surface area contributed by atoms with E-state index in [0.29, 0.717) is 13.0 Å². The first-order valence-corrected chi connectivity index (χ1v) is 7.34. The van der Waals surface area contributed by atoms with Gasteiger partial charge in [0.05, 0.1) is 6.10 Å². The van der Waals surface area contributed by atoms with Gasteiger partial charge in [0, 0.05) is 12.6 Å². The summed E-state index contributed by atoms with van der Waals surface area (Å²) >= 11 is 0. The van der Waals surface area contributed by atoms with Crippen LogP contribution in [0.25, 0.3) is 0 Å². The van der Waals surface area contributed by atoms with Crippen LogP contribution in [-0.4, -0.2) is 43.7 Å². The Morgan fingerprint density at radius 3 is 2.86 bits per heavy atom. The van der Waals surface area contributed by atoms with Crippen LogP contribution in [0.3, 0.4) is 0 Å². The number of carbonyl (C=O) groups is 1. The first kappa shape index (κ1) is 14.5. The van der Waals surface area contributed by atoms with Crippen LogP contribution < -0.4 is 5.69 Å². The molecule has 1 aromatic heterocycles. The second kappa shape index (κ2) is 6.15. The summed E-state index contributed by atoms with van der Waals surface area (Å²) in [5, 5.41) is 16.2. The number of benzene rings is 1. The average Bonchev–Trinajstić information content (AvgIpc) is 3.16. The maximum atomic E-state index is 12.4. The van der Waals surface area contributed by atoms with Crippen molar-refractivity contribution in [1.82, 2.24) is 20.1 Å². The Hall–Kier alpha value is -2.41. The number of aliphatic hydroxyl groups is 1. The van der Waals surface area contributed by atoms with Crippen molar-refractivity contribution in [3.8, 4) is 0 Å². The van der Waals surface area contributed by atoms with Gasteiger partial charge in [-0.15, -0.1) is 5.10 Å². The maximum Gasteiger partial charge on any atom is 0.341 e. The van der Waals surface area contributed by atoms with Crippen molar-refractivity contribution < 1.29 is 9.90 Å². The molecule has 0 unspecified atom stereocenters. The number of carbonyl (C=O) groups excluding carboxylic acids is 1. The van der Waals surface area contributed by atoms with Crippen LogP contribution in [0.1, 0.15) is 41.5 Å². The molecule has 1 aliphatic heterocycles. The third-order valence-electron chi connectivity index (χ3n) is 4.02. The lowest BCUT2D eigenvalue weighted by Gasteiger charge is -2.25. The van der Waals surface area contributed by atoms with E-state index in [2.05, 4.69) is 15.2 Å². The predicted molar refractivity (Wildman–Crippen MR) is 79.3 cm³/mol. The lowest BCUT2D eigenvalue weighted by molar-refractivity contribution is 0.0655. The highest BCUT2D eigenvalue weighted by Gasteiger charge is 2.32. The molecule has 116 valence electrons. The fourth-order valence-electron chi connectivity index (χ4n) is 2.92. The molecule has 0 bridgehead atoms. The number of nitrogens with zero attached hydrogens (tertiary/aromatic N) is 2. The van der Waals surface area contributed by atoms with Gasteiger partial charge < -0.3 is 10.0 Å².